The Hall–Kier alpha value is -2.76. The third-order valence-corrected chi connectivity index (χ3v) is 3.39. The number of amides is 1. The highest BCUT2D eigenvalue weighted by atomic mass is 19.1. The number of carbonyl (C=O) groups is 1. The fourth-order valence-electron chi connectivity index (χ4n) is 2.16. The number of rotatable bonds is 9. The van der Waals surface area contributed by atoms with Crippen LogP contribution >= 0.6 is 0 Å². The molecule has 140 valence electrons. The molecule has 0 fully saturated rings. The van der Waals surface area contributed by atoms with Gasteiger partial charge in [0.25, 0.3) is 0 Å². The van der Waals surface area contributed by atoms with Crippen molar-refractivity contribution in [2.24, 2.45) is 0 Å². The number of ether oxygens (including phenoxy) is 3. The van der Waals surface area contributed by atoms with Gasteiger partial charge in [0.05, 0.1) is 18.9 Å². The van der Waals surface area contributed by atoms with Crippen molar-refractivity contribution in [3.8, 4) is 11.5 Å². The molecule has 26 heavy (non-hydrogen) atoms. The SMILES string of the molecule is CCCOc1cc(NC(=O)OCc2ccccc2)cc(OCCC)c1F. The summed E-state index contributed by atoms with van der Waals surface area (Å²) in [6.07, 6.45) is 0.839. The second-order valence-corrected chi connectivity index (χ2v) is 5.67. The smallest absolute Gasteiger partial charge is 0.411 e. The Labute approximate surface area is 153 Å². The molecule has 6 heteroatoms. The van der Waals surface area contributed by atoms with Gasteiger partial charge in [-0.2, -0.15) is 4.39 Å². The molecule has 2 aromatic carbocycles. The molecule has 0 aromatic heterocycles. The Morgan fingerprint density at radius 1 is 1.00 bits per heavy atom. The van der Waals surface area contributed by atoms with E-state index in [-0.39, 0.29) is 18.1 Å². The number of anilines is 1. The molecule has 5 nitrogen and oxygen atoms in total. The maximum Gasteiger partial charge on any atom is 0.411 e. The average Bonchev–Trinajstić information content (AvgIpc) is 2.66. The molecule has 1 N–H and O–H groups in total. The van der Waals surface area contributed by atoms with Gasteiger partial charge in [-0.15, -0.1) is 0 Å². The monoisotopic (exact) mass is 361 g/mol. The Morgan fingerprint density at radius 3 is 2.12 bits per heavy atom. The van der Waals surface area contributed by atoms with Gasteiger partial charge in [0.15, 0.2) is 11.5 Å². The molecule has 0 saturated heterocycles. The van der Waals surface area contributed by atoms with Crippen LogP contribution in [0.15, 0.2) is 42.5 Å². The quantitative estimate of drug-likeness (QED) is 0.671. The van der Waals surface area contributed by atoms with Crippen molar-refractivity contribution in [1.82, 2.24) is 0 Å². The third-order valence-electron chi connectivity index (χ3n) is 3.39. The Morgan fingerprint density at radius 2 is 1.58 bits per heavy atom. The summed E-state index contributed by atoms with van der Waals surface area (Å²) in [6.45, 7) is 4.73. The molecule has 0 bridgehead atoms. The van der Waals surface area contributed by atoms with Crippen LogP contribution in [-0.4, -0.2) is 19.3 Å². The largest absolute Gasteiger partial charge is 0.490 e. The predicted octanol–water partition coefficient (Wildman–Crippen LogP) is 5.15. The maximum absolute atomic E-state index is 14.4. The summed E-state index contributed by atoms with van der Waals surface area (Å²) in [4.78, 5) is 12.0. The molecule has 0 saturated carbocycles. The van der Waals surface area contributed by atoms with Crippen LogP contribution in [0.5, 0.6) is 11.5 Å². The number of halogens is 1. The van der Waals surface area contributed by atoms with E-state index in [0.717, 1.165) is 18.4 Å². The predicted molar refractivity (Wildman–Crippen MR) is 98.2 cm³/mol. The van der Waals surface area contributed by atoms with Gasteiger partial charge in [0.2, 0.25) is 5.82 Å². The highest BCUT2D eigenvalue weighted by molar-refractivity contribution is 5.85. The van der Waals surface area contributed by atoms with E-state index in [1.807, 2.05) is 44.2 Å². The summed E-state index contributed by atoms with van der Waals surface area (Å²) in [5.41, 5.74) is 1.22. The zero-order chi connectivity index (χ0) is 18.8. The molecule has 2 rings (SSSR count). The molecular formula is C20H24FNO4. The van der Waals surface area contributed by atoms with Crippen molar-refractivity contribution in [2.45, 2.75) is 33.3 Å². The first-order chi connectivity index (χ1) is 12.6. The summed E-state index contributed by atoms with van der Waals surface area (Å²) in [5.74, 6) is -0.493. The molecule has 0 aliphatic rings. The van der Waals surface area contributed by atoms with Crippen LogP contribution in [-0.2, 0) is 11.3 Å². The van der Waals surface area contributed by atoms with E-state index in [9.17, 15) is 9.18 Å². The number of hydrogen-bond acceptors (Lipinski definition) is 4. The zero-order valence-electron chi connectivity index (χ0n) is 15.1. The van der Waals surface area contributed by atoms with Gasteiger partial charge in [-0.1, -0.05) is 44.2 Å². The van der Waals surface area contributed by atoms with Crippen LogP contribution < -0.4 is 14.8 Å². The molecule has 0 spiro atoms. The highest BCUT2D eigenvalue weighted by Crippen LogP contribution is 2.32. The minimum Gasteiger partial charge on any atom is -0.490 e. The van der Waals surface area contributed by atoms with Crippen LogP contribution in [0.25, 0.3) is 0 Å². The van der Waals surface area contributed by atoms with Crippen molar-refractivity contribution < 1.29 is 23.4 Å². The van der Waals surface area contributed by atoms with Gasteiger partial charge < -0.3 is 14.2 Å². The van der Waals surface area contributed by atoms with Crippen molar-refractivity contribution in [2.75, 3.05) is 18.5 Å². The van der Waals surface area contributed by atoms with Crippen LogP contribution in [0, 0.1) is 5.82 Å². The van der Waals surface area contributed by atoms with Gasteiger partial charge in [0, 0.05) is 12.1 Å². The first kappa shape index (κ1) is 19.6. The zero-order valence-corrected chi connectivity index (χ0v) is 15.1. The van der Waals surface area contributed by atoms with Crippen LogP contribution in [0.1, 0.15) is 32.3 Å². The molecule has 0 atom stereocenters. The lowest BCUT2D eigenvalue weighted by Gasteiger charge is -2.14. The second-order valence-electron chi connectivity index (χ2n) is 5.67. The van der Waals surface area contributed by atoms with Gasteiger partial charge in [-0.05, 0) is 18.4 Å². The summed E-state index contributed by atoms with van der Waals surface area (Å²) in [5, 5.41) is 2.59. The van der Waals surface area contributed by atoms with Crippen molar-refractivity contribution >= 4 is 11.8 Å². The Bertz CT molecular complexity index is 677. The number of hydrogen-bond donors (Lipinski definition) is 1. The van der Waals surface area contributed by atoms with Crippen LogP contribution in [0.3, 0.4) is 0 Å². The molecule has 0 radical (unpaired) electrons. The minimum absolute atomic E-state index is 0.0406. The van der Waals surface area contributed by atoms with E-state index in [1.54, 1.807) is 0 Å². The molecule has 0 aliphatic carbocycles. The summed E-state index contributed by atoms with van der Waals surface area (Å²) in [7, 11) is 0. The standard InChI is InChI=1S/C20H24FNO4/c1-3-10-24-17-12-16(13-18(19(17)21)25-11-4-2)22-20(23)26-14-15-8-6-5-7-9-15/h5-9,12-13H,3-4,10-11,14H2,1-2H3,(H,22,23). The maximum atomic E-state index is 14.4. The lowest BCUT2D eigenvalue weighted by atomic mass is 10.2. The van der Waals surface area contributed by atoms with Crippen LogP contribution in [0.2, 0.25) is 0 Å². The van der Waals surface area contributed by atoms with Crippen LogP contribution in [0.4, 0.5) is 14.9 Å². The normalized spacial score (nSPS) is 10.3. The van der Waals surface area contributed by atoms with Gasteiger partial charge in [-0.3, -0.25) is 5.32 Å². The Balaban J connectivity index is 2.06. The number of nitrogens with one attached hydrogen (secondary N) is 1. The first-order valence-corrected chi connectivity index (χ1v) is 8.70. The number of benzene rings is 2. The third kappa shape index (κ3) is 5.95. The molecule has 2 aromatic rings. The van der Waals surface area contributed by atoms with E-state index in [2.05, 4.69) is 5.32 Å². The van der Waals surface area contributed by atoms with E-state index in [0.29, 0.717) is 18.9 Å². The fraction of sp³-hybridized carbons (Fsp3) is 0.350. The molecule has 0 aliphatic heterocycles. The van der Waals surface area contributed by atoms with Crippen molar-refractivity contribution in [1.29, 1.82) is 0 Å². The van der Waals surface area contributed by atoms with Gasteiger partial charge in [-0.25, -0.2) is 4.79 Å². The lowest BCUT2D eigenvalue weighted by molar-refractivity contribution is 0.155. The van der Waals surface area contributed by atoms with E-state index in [1.165, 1.54) is 12.1 Å². The van der Waals surface area contributed by atoms with Crippen molar-refractivity contribution in [3.05, 3.63) is 53.8 Å². The van der Waals surface area contributed by atoms with E-state index >= 15 is 0 Å². The summed E-state index contributed by atoms with van der Waals surface area (Å²) < 4.78 is 30.4. The molecular weight excluding hydrogens is 337 g/mol. The highest BCUT2D eigenvalue weighted by Gasteiger charge is 2.15. The minimum atomic E-state index is -0.636. The second kappa shape index (κ2) is 10.3. The summed E-state index contributed by atoms with van der Waals surface area (Å²) >= 11 is 0. The van der Waals surface area contributed by atoms with Crippen molar-refractivity contribution in [3.63, 3.8) is 0 Å². The van der Waals surface area contributed by atoms with E-state index in [4.69, 9.17) is 14.2 Å². The summed E-state index contributed by atoms with van der Waals surface area (Å²) in [6, 6.07) is 12.2. The average molecular weight is 361 g/mol. The lowest BCUT2D eigenvalue weighted by Crippen LogP contribution is -2.14. The number of carbonyl (C=O) groups excluding carboxylic acids is 1. The fourth-order valence-corrected chi connectivity index (χ4v) is 2.16. The van der Waals surface area contributed by atoms with E-state index < -0.39 is 11.9 Å². The molecule has 0 heterocycles. The van der Waals surface area contributed by atoms with Gasteiger partial charge >= 0.3 is 6.09 Å². The van der Waals surface area contributed by atoms with Gasteiger partial charge in [0.1, 0.15) is 6.61 Å². The molecule has 1 amide bonds. The first-order valence-electron chi connectivity index (χ1n) is 8.70. The Kier molecular flexibility index (Phi) is 7.74. The molecule has 0 unspecified atom stereocenters. The topological polar surface area (TPSA) is 56.8 Å².